The molecule has 100 valence electrons. The van der Waals surface area contributed by atoms with Gasteiger partial charge in [0.2, 0.25) is 0 Å². The number of nitrogens with zero attached hydrogens (tertiary/aromatic N) is 6. The molecule has 0 aliphatic rings. The van der Waals surface area contributed by atoms with Gasteiger partial charge in [0.25, 0.3) is 5.91 Å². The van der Waals surface area contributed by atoms with E-state index in [9.17, 15) is 4.79 Å². The van der Waals surface area contributed by atoms with Gasteiger partial charge in [-0.05, 0) is 12.1 Å². The lowest BCUT2D eigenvalue weighted by Crippen LogP contribution is -2.23. The van der Waals surface area contributed by atoms with Gasteiger partial charge in [-0.1, -0.05) is 5.21 Å². The fourth-order valence-corrected chi connectivity index (χ4v) is 1.59. The summed E-state index contributed by atoms with van der Waals surface area (Å²) in [6.45, 7) is 0.207. The predicted molar refractivity (Wildman–Crippen MR) is 66.7 cm³/mol. The van der Waals surface area contributed by atoms with E-state index in [2.05, 4.69) is 35.9 Å². The molecule has 0 aromatic carbocycles. The summed E-state index contributed by atoms with van der Waals surface area (Å²) in [4.78, 5) is 20.0. The van der Waals surface area contributed by atoms with Gasteiger partial charge in [-0.3, -0.25) is 9.36 Å². The van der Waals surface area contributed by atoms with Gasteiger partial charge < -0.3 is 5.32 Å². The Morgan fingerprint density at radius 2 is 2.35 bits per heavy atom. The molecule has 3 rings (SSSR count). The Balaban J connectivity index is 1.66. The number of aromatic nitrogens is 7. The van der Waals surface area contributed by atoms with Crippen molar-refractivity contribution in [3.8, 4) is 5.82 Å². The molecule has 3 heterocycles. The van der Waals surface area contributed by atoms with Crippen molar-refractivity contribution >= 4 is 5.91 Å². The molecular weight excluding hydrogens is 260 g/mol. The van der Waals surface area contributed by atoms with Crippen LogP contribution in [-0.2, 0) is 6.54 Å². The Bertz CT molecular complexity index is 674. The lowest BCUT2D eigenvalue weighted by atomic mass is 10.2. The first kappa shape index (κ1) is 12.0. The zero-order valence-electron chi connectivity index (χ0n) is 10.3. The molecule has 0 spiro atoms. The smallest absolute Gasteiger partial charge is 0.253 e. The number of hydrogen-bond acceptors (Lipinski definition) is 6. The van der Waals surface area contributed by atoms with E-state index >= 15 is 0 Å². The number of pyridine rings is 1. The minimum atomic E-state index is -0.250. The number of carbonyl (C=O) groups is 1. The van der Waals surface area contributed by atoms with Gasteiger partial charge in [-0.2, -0.15) is 5.21 Å². The average Bonchev–Trinajstić information content (AvgIpc) is 3.18. The molecule has 0 unspecified atom stereocenters. The number of amides is 1. The monoisotopic (exact) mass is 270 g/mol. The minimum absolute atomic E-state index is 0.207. The number of hydrogen-bond donors (Lipinski definition) is 2. The van der Waals surface area contributed by atoms with E-state index in [0.717, 1.165) is 0 Å². The molecule has 2 N–H and O–H groups in total. The summed E-state index contributed by atoms with van der Waals surface area (Å²) >= 11 is 0. The maximum absolute atomic E-state index is 11.9. The Kier molecular flexibility index (Phi) is 3.15. The topological polar surface area (TPSA) is 114 Å². The molecule has 0 aliphatic heterocycles. The van der Waals surface area contributed by atoms with Crippen LogP contribution in [-0.4, -0.2) is 41.1 Å². The maximum Gasteiger partial charge on any atom is 0.253 e. The number of tetrazole rings is 1. The standard InChI is InChI=1S/C11H10N8O/c20-11(14-6-9-15-17-18-16-9)8-1-2-10(13-5-8)19-4-3-12-7-19/h1-5,7H,6H2,(H,14,20)(H,15,16,17,18). The molecule has 0 aliphatic carbocycles. The van der Waals surface area contributed by atoms with E-state index in [0.29, 0.717) is 17.2 Å². The number of carbonyl (C=O) groups excluding carboxylic acids is 1. The quantitative estimate of drug-likeness (QED) is 0.673. The second-order valence-electron chi connectivity index (χ2n) is 3.89. The fraction of sp³-hybridized carbons (Fsp3) is 0.0909. The summed E-state index contributed by atoms with van der Waals surface area (Å²) in [5.41, 5.74) is 0.456. The molecule has 9 heteroatoms. The predicted octanol–water partition coefficient (Wildman–Crippen LogP) is -0.290. The largest absolute Gasteiger partial charge is 0.345 e. The number of rotatable bonds is 4. The normalized spacial score (nSPS) is 10.4. The first-order chi connectivity index (χ1) is 9.83. The van der Waals surface area contributed by atoms with Crippen molar-refractivity contribution in [1.82, 2.24) is 40.5 Å². The molecule has 0 radical (unpaired) electrons. The summed E-state index contributed by atoms with van der Waals surface area (Å²) in [5, 5.41) is 15.9. The molecule has 1 amide bonds. The van der Waals surface area contributed by atoms with Crippen molar-refractivity contribution in [3.05, 3.63) is 48.4 Å². The highest BCUT2D eigenvalue weighted by atomic mass is 16.1. The second-order valence-corrected chi connectivity index (χ2v) is 3.89. The molecule has 0 fully saturated rings. The average molecular weight is 270 g/mol. The SMILES string of the molecule is O=C(NCc1nn[nH]n1)c1ccc(-n2ccnc2)nc1. The Morgan fingerprint density at radius 3 is 3.00 bits per heavy atom. The van der Waals surface area contributed by atoms with Crippen LogP contribution in [0.15, 0.2) is 37.1 Å². The first-order valence-corrected chi connectivity index (χ1v) is 5.78. The van der Waals surface area contributed by atoms with Crippen molar-refractivity contribution < 1.29 is 4.79 Å². The van der Waals surface area contributed by atoms with Crippen LogP contribution in [0.3, 0.4) is 0 Å². The van der Waals surface area contributed by atoms with Crippen LogP contribution >= 0.6 is 0 Å². The van der Waals surface area contributed by atoms with Gasteiger partial charge >= 0.3 is 0 Å². The summed E-state index contributed by atoms with van der Waals surface area (Å²) in [7, 11) is 0. The van der Waals surface area contributed by atoms with Crippen molar-refractivity contribution in [2.24, 2.45) is 0 Å². The number of H-pyrrole nitrogens is 1. The van der Waals surface area contributed by atoms with Gasteiger partial charge in [0, 0.05) is 18.6 Å². The summed E-state index contributed by atoms with van der Waals surface area (Å²) in [5.74, 6) is 0.859. The van der Waals surface area contributed by atoms with E-state index in [1.807, 2.05) is 0 Å². The third-order valence-electron chi connectivity index (χ3n) is 2.58. The number of imidazole rings is 1. The van der Waals surface area contributed by atoms with Gasteiger partial charge in [-0.15, -0.1) is 10.2 Å². The highest BCUT2D eigenvalue weighted by molar-refractivity contribution is 5.93. The van der Waals surface area contributed by atoms with Gasteiger partial charge in [0.15, 0.2) is 5.82 Å². The Morgan fingerprint density at radius 1 is 1.40 bits per heavy atom. The Hall–Kier alpha value is -3.10. The van der Waals surface area contributed by atoms with E-state index in [-0.39, 0.29) is 12.5 Å². The van der Waals surface area contributed by atoms with Crippen LogP contribution in [0.25, 0.3) is 5.82 Å². The highest BCUT2D eigenvalue weighted by Crippen LogP contribution is 2.05. The molecule has 9 nitrogen and oxygen atoms in total. The summed E-state index contributed by atoms with van der Waals surface area (Å²) in [6, 6.07) is 3.43. The second kappa shape index (κ2) is 5.26. The summed E-state index contributed by atoms with van der Waals surface area (Å²) < 4.78 is 1.75. The van der Waals surface area contributed by atoms with Crippen LogP contribution in [0.4, 0.5) is 0 Å². The lowest BCUT2D eigenvalue weighted by molar-refractivity contribution is 0.0949. The Labute approximate surface area is 113 Å². The highest BCUT2D eigenvalue weighted by Gasteiger charge is 2.07. The molecular formula is C11H10N8O. The zero-order chi connectivity index (χ0) is 13.8. The van der Waals surface area contributed by atoms with Crippen molar-refractivity contribution in [1.29, 1.82) is 0 Å². The van der Waals surface area contributed by atoms with E-state index < -0.39 is 0 Å². The number of aromatic amines is 1. The molecule has 3 aromatic rings. The van der Waals surface area contributed by atoms with Crippen molar-refractivity contribution in [2.45, 2.75) is 6.54 Å². The minimum Gasteiger partial charge on any atom is -0.345 e. The number of nitrogens with one attached hydrogen (secondary N) is 2. The van der Waals surface area contributed by atoms with Crippen molar-refractivity contribution in [2.75, 3.05) is 0 Å². The third kappa shape index (κ3) is 2.51. The summed E-state index contributed by atoms with van der Waals surface area (Å²) in [6.07, 6.45) is 6.57. The molecule has 0 bridgehead atoms. The molecule has 0 saturated carbocycles. The van der Waals surface area contributed by atoms with Crippen LogP contribution in [0.5, 0.6) is 0 Å². The van der Waals surface area contributed by atoms with E-state index in [1.54, 1.807) is 35.4 Å². The van der Waals surface area contributed by atoms with Crippen LogP contribution in [0.2, 0.25) is 0 Å². The van der Waals surface area contributed by atoms with Crippen LogP contribution < -0.4 is 5.32 Å². The van der Waals surface area contributed by atoms with Gasteiger partial charge in [0.1, 0.15) is 12.1 Å². The molecule has 20 heavy (non-hydrogen) atoms. The van der Waals surface area contributed by atoms with Gasteiger partial charge in [0.05, 0.1) is 12.1 Å². The fourth-order valence-electron chi connectivity index (χ4n) is 1.59. The lowest BCUT2D eigenvalue weighted by Gasteiger charge is -2.04. The maximum atomic E-state index is 11.9. The zero-order valence-corrected chi connectivity index (χ0v) is 10.3. The van der Waals surface area contributed by atoms with Crippen LogP contribution in [0.1, 0.15) is 16.2 Å². The van der Waals surface area contributed by atoms with Gasteiger partial charge in [-0.25, -0.2) is 9.97 Å². The molecule has 0 atom stereocenters. The first-order valence-electron chi connectivity index (χ1n) is 5.78. The molecule has 0 saturated heterocycles. The van der Waals surface area contributed by atoms with E-state index in [4.69, 9.17) is 0 Å². The van der Waals surface area contributed by atoms with E-state index in [1.165, 1.54) is 6.20 Å². The third-order valence-corrected chi connectivity index (χ3v) is 2.58. The van der Waals surface area contributed by atoms with Crippen molar-refractivity contribution in [3.63, 3.8) is 0 Å². The van der Waals surface area contributed by atoms with Crippen LogP contribution in [0, 0.1) is 0 Å². The molecule has 3 aromatic heterocycles.